The number of rotatable bonds is 4. The van der Waals surface area contributed by atoms with Gasteiger partial charge < -0.3 is 14.6 Å². The lowest BCUT2D eigenvalue weighted by atomic mass is 10.1. The molecule has 0 aliphatic carbocycles. The first-order chi connectivity index (χ1) is 9.60. The van der Waals surface area contributed by atoms with E-state index in [0.717, 1.165) is 25.9 Å². The fourth-order valence-electron chi connectivity index (χ4n) is 2.52. The van der Waals surface area contributed by atoms with Crippen molar-refractivity contribution in [3.63, 3.8) is 0 Å². The number of pyridine rings is 1. The minimum atomic E-state index is -0.144. The van der Waals surface area contributed by atoms with Gasteiger partial charge in [0.1, 0.15) is 5.69 Å². The molecule has 1 fully saturated rings. The predicted octanol–water partition coefficient (Wildman–Crippen LogP) is 1.71. The Morgan fingerprint density at radius 2 is 2.25 bits per heavy atom. The van der Waals surface area contributed by atoms with Crippen LogP contribution >= 0.6 is 0 Å². The van der Waals surface area contributed by atoms with E-state index in [9.17, 15) is 9.59 Å². The molecule has 1 amide bonds. The smallest absolute Gasteiger partial charge is 0.270 e. The van der Waals surface area contributed by atoms with E-state index >= 15 is 0 Å². The van der Waals surface area contributed by atoms with E-state index in [1.54, 1.807) is 11.8 Å². The summed E-state index contributed by atoms with van der Waals surface area (Å²) in [6, 6.07) is 2.84. The number of nitrogens with zero attached hydrogens (tertiary/aromatic N) is 1. The van der Waals surface area contributed by atoms with E-state index in [0.29, 0.717) is 24.5 Å². The van der Waals surface area contributed by atoms with Crippen LogP contribution in [0.5, 0.6) is 0 Å². The van der Waals surface area contributed by atoms with Crippen LogP contribution in [0, 0.1) is 6.92 Å². The fraction of sp³-hybridized carbons (Fsp3) is 0.600. The average Bonchev–Trinajstić information content (AvgIpc) is 2.44. The second-order valence-corrected chi connectivity index (χ2v) is 5.25. The standard InChI is InChI=1S/C15H22N2O3/c1-3-17(10-13-6-4-5-7-20-13)15(19)14-9-12(18)8-11(2)16-14/h8-9,13H,3-7,10H2,1-2H3,(H,16,18)/t13-/m1/s1. The quantitative estimate of drug-likeness (QED) is 0.912. The normalized spacial score (nSPS) is 18.8. The van der Waals surface area contributed by atoms with Crippen molar-refractivity contribution < 1.29 is 9.53 Å². The first-order valence-electron chi connectivity index (χ1n) is 7.22. The summed E-state index contributed by atoms with van der Waals surface area (Å²) in [6.07, 6.45) is 3.36. The van der Waals surface area contributed by atoms with E-state index < -0.39 is 0 Å². The van der Waals surface area contributed by atoms with Gasteiger partial charge in [0.05, 0.1) is 6.10 Å². The van der Waals surface area contributed by atoms with Gasteiger partial charge in [0, 0.05) is 37.5 Å². The number of hydrogen-bond acceptors (Lipinski definition) is 3. The fourth-order valence-corrected chi connectivity index (χ4v) is 2.52. The molecule has 2 heterocycles. The zero-order valence-electron chi connectivity index (χ0n) is 12.1. The molecule has 5 heteroatoms. The van der Waals surface area contributed by atoms with E-state index in [1.807, 2.05) is 6.92 Å². The number of aryl methyl sites for hydroxylation is 1. The summed E-state index contributed by atoms with van der Waals surface area (Å²) in [5, 5.41) is 0. The highest BCUT2D eigenvalue weighted by atomic mass is 16.5. The molecule has 1 atom stereocenters. The lowest BCUT2D eigenvalue weighted by molar-refractivity contribution is -0.00323. The molecule has 20 heavy (non-hydrogen) atoms. The number of ether oxygens (including phenoxy) is 1. The number of carbonyl (C=O) groups is 1. The molecule has 0 saturated carbocycles. The Morgan fingerprint density at radius 1 is 1.45 bits per heavy atom. The summed E-state index contributed by atoms with van der Waals surface area (Å²) in [7, 11) is 0. The lowest BCUT2D eigenvalue weighted by Crippen LogP contribution is -2.40. The second-order valence-electron chi connectivity index (χ2n) is 5.25. The number of likely N-dealkylation sites (N-methyl/N-ethyl adjacent to an activating group) is 1. The third-order valence-electron chi connectivity index (χ3n) is 3.57. The molecule has 1 aliphatic heterocycles. The van der Waals surface area contributed by atoms with Gasteiger partial charge in [-0.15, -0.1) is 0 Å². The van der Waals surface area contributed by atoms with Crippen LogP contribution in [0.2, 0.25) is 0 Å². The third kappa shape index (κ3) is 3.70. The van der Waals surface area contributed by atoms with Crippen LogP contribution in [0.1, 0.15) is 42.4 Å². The van der Waals surface area contributed by atoms with Crippen LogP contribution in [0.3, 0.4) is 0 Å². The summed E-state index contributed by atoms with van der Waals surface area (Å²) in [4.78, 5) is 28.7. The number of carbonyl (C=O) groups excluding carboxylic acids is 1. The molecule has 0 radical (unpaired) electrons. The molecular weight excluding hydrogens is 256 g/mol. The Kier molecular flexibility index (Phi) is 4.95. The van der Waals surface area contributed by atoms with Crippen LogP contribution in [0.15, 0.2) is 16.9 Å². The Balaban J connectivity index is 2.09. The second kappa shape index (κ2) is 6.70. The zero-order chi connectivity index (χ0) is 14.5. The van der Waals surface area contributed by atoms with Crippen molar-refractivity contribution >= 4 is 5.91 Å². The molecule has 1 aromatic rings. The van der Waals surface area contributed by atoms with E-state index in [-0.39, 0.29) is 17.4 Å². The van der Waals surface area contributed by atoms with Crippen molar-refractivity contribution in [2.75, 3.05) is 19.7 Å². The van der Waals surface area contributed by atoms with Gasteiger partial charge >= 0.3 is 0 Å². The number of nitrogens with one attached hydrogen (secondary N) is 1. The van der Waals surface area contributed by atoms with Crippen molar-refractivity contribution in [3.8, 4) is 0 Å². The highest BCUT2D eigenvalue weighted by molar-refractivity contribution is 5.92. The Bertz CT molecular complexity index is 518. The van der Waals surface area contributed by atoms with Crippen molar-refractivity contribution in [2.45, 2.75) is 39.2 Å². The summed E-state index contributed by atoms with van der Waals surface area (Å²) >= 11 is 0. The topological polar surface area (TPSA) is 62.4 Å². The maximum absolute atomic E-state index is 12.5. The van der Waals surface area contributed by atoms with Crippen LogP contribution < -0.4 is 5.43 Å². The third-order valence-corrected chi connectivity index (χ3v) is 3.57. The molecule has 2 rings (SSSR count). The average molecular weight is 278 g/mol. The van der Waals surface area contributed by atoms with Crippen LogP contribution in [-0.4, -0.2) is 41.6 Å². The van der Waals surface area contributed by atoms with Gasteiger partial charge in [-0.3, -0.25) is 9.59 Å². The first-order valence-corrected chi connectivity index (χ1v) is 7.22. The van der Waals surface area contributed by atoms with Crippen LogP contribution in [-0.2, 0) is 4.74 Å². The van der Waals surface area contributed by atoms with Gasteiger partial charge in [-0.2, -0.15) is 0 Å². The lowest BCUT2D eigenvalue weighted by Gasteiger charge is -2.29. The van der Waals surface area contributed by atoms with Crippen molar-refractivity contribution in [2.24, 2.45) is 0 Å². The number of amides is 1. The van der Waals surface area contributed by atoms with Gasteiger partial charge in [0.2, 0.25) is 0 Å². The molecule has 5 nitrogen and oxygen atoms in total. The predicted molar refractivity (Wildman–Crippen MR) is 77.0 cm³/mol. The Labute approximate surface area is 118 Å². The molecule has 1 aliphatic rings. The molecule has 1 saturated heterocycles. The van der Waals surface area contributed by atoms with Gasteiger partial charge in [-0.1, -0.05) is 0 Å². The molecule has 110 valence electrons. The molecule has 1 aromatic heterocycles. The van der Waals surface area contributed by atoms with E-state index in [2.05, 4.69) is 4.98 Å². The highest BCUT2D eigenvalue weighted by Gasteiger charge is 2.22. The molecule has 0 aromatic carbocycles. The number of aromatic nitrogens is 1. The zero-order valence-corrected chi connectivity index (χ0v) is 12.1. The number of hydrogen-bond donors (Lipinski definition) is 1. The maximum atomic E-state index is 12.5. The number of aromatic amines is 1. The van der Waals surface area contributed by atoms with Gasteiger partial charge in [0.15, 0.2) is 5.43 Å². The largest absolute Gasteiger partial charge is 0.376 e. The SMILES string of the molecule is CCN(C[C@H]1CCCCO1)C(=O)c1cc(=O)cc(C)[nH]1. The van der Waals surface area contributed by atoms with Gasteiger partial charge in [0.25, 0.3) is 5.91 Å². The van der Waals surface area contributed by atoms with Crippen LogP contribution in [0.4, 0.5) is 0 Å². The van der Waals surface area contributed by atoms with E-state index in [1.165, 1.54) is 12.1 Å². The summed E-state index contributed by atoms with van der Waals surface area (Å²) in [5.41, 5.74) is 0.910. The maximum Gasteiger partial charge on any atom is 0.270 e. The number of H-pyrrole nitrogens is 1. The molecule has 0 spiro atoms. The summed E-state index contributed by atoms with van der Waals surface area (Å²) in [5.74, 6) is -0.137. The summed E-state index contributed by atoms with van der Waals surface area (Å²) in [6.45, 7) is 5.69. The summed E-state index contributed by atoms with van der Waals surface area (Å²) < 4.78 is 5.68. The Hall–Kier alpha value is -1.62. The first kappa shape index (κ1) is 14.8. The minimum absolute atomic E-state index is 0.115. The van der Waals surface area contributed by atoms with Gasteiger partial charge in [-0.25, -0.2) is 0 Å². The molecule has 1 N–H and O–H groups in total. The molecule has 0 unspecified atom stereocenters. The van der Waals surface area contributed by atoms with Crippen molar-refractivity contribution in [1.82, 2.24) is 9.88 Å². The van der Waals surface area contributed by atoms with Gasteiger partial charge in [-0.05, 0) is 33.1 Å². The van der Waals surface area contributed by atoms with Crippen LogP contribution in [0.25, 0.3) is 0 Å². The molecule has 0 bridgehead atoms. The van der Waals surface area contributed by atoms with Crippen molar-refractivity contribution in [1.29, 1.82) is 0 Å². The minimum Gasteiger partial charge on any atom is -0.376 e. The van der Waals surface area contributed by atoms with E-state index in [4.69, 9.17) is 4.74 Å². The molecular formula is C15H22N2O3. The monoisotopic (exact) mass is 278 g/mol. The van der Waals surface area contributed by atoms with Crippen molar-refractivity contribution in [3.05, 3.63) is 33.7 Å². The Morgan fingerprint density at radius 3 is 2.85 bits per heavy atom. The highest BCUT2D eigenvalue weighted by Crippen LogP contribution is 2.14.